The van der Waals surface area contributed by atoms with Crippen molar-refractivity contribution in [2.45, 2.75) is 40.5 Å². The van der Waals surface area contributed by atoms with Crippen molar-refractivity contribution >= 4 is 5.97 Å². The first-order valence-corrected chi connectivity index (χ1v) is 4.71. The maximum absolute atomic E-state index is 11.0. The van der Waals surface area contributed by atoms with E-state index in [9.17, 15) is 4.79 Å². The van der Waals surface area contributed by atoms with Crippen LogP contribution < -0.4 is 0 Å². The molecule has 12 heavy (non-hydrogen) atoms. The molecule has 72 valence electrons. The highest BCUT2D eigenvalue weighted by Gasteiger charge is 2.10. The van der Waals surface area contributed by atoms with Crippen LogP contribution in [0.1, 0.15) is 40.5 Å². The summed E-state index contributed by atoms with van der Waals surface area (Å²) >= 11 is 0. The van der Waals surface area contributed by atoms with Crippen LogP contribution in [-0.4, -0.2) is 12.6 Å². The largest absolute Gasteiger partial charge is 0.466 e. The van der Waals surface area contributed by atoms with Crippen molar-refractivity contribution in [3.05, 3.63) is 0 Å². The Hall–Kier alpha value is -0.530. The Morgan fingerprint density at radius 1 is 1.33 bits per heavy atom. The minimum atomic E-state index is -0.0642. The zero-order valence-electron chi connectivity index (χ0n) is 8.59. The molecule has 0 aromatic carbocycles. The molecule has 0 aliphatic rings. The van der Waals surface area contributed by atoms with E-state index in [1.807, 2.05) is 6.92 Å². The Kier molecular flexibility index (Phi) is 5.77. The van der Waals surface area contributed by atoms with Crippen molar-refractivity contribution in [2.75, 3.05) is 6.61 Å². The van der Waals surface area contributed by atoms with Gasteiger partial charge in [0, 0.05) is 6.42 Å². The summed E-state index contributed by atoms with van der Waals surface area (Å²) in [6, 6.07) is 0. The van der Waals surface area contributed by atoms with Gasteiger partial charge in [0.05, 0.1) is 6.61 Å². The summed E-state index contributed by atoms with van der Waals surface area (Å²) in [7, 11) is 0. The predicted octanol–water partition coefficient (Wildman–Crippen LogP) is 2.62. The minimum Gasteiger partial charge on any atom is -0.466 e. The highest BCUT2D eigenvalue weighted by atomic mass is 16.5. The van der Waals surface area contributed by atoms with Crippen LogP contribution in [0.4, 0.5) is 0 Å². The lowest BCUT2D eigenvalue weighted by molar-refractivity contribution is -0.144. The molecule has 0 heterocycles. The lowest BCUT2D eigenvalue weighted by Gasteiger charge is -2.12. The molecule has 0 spiro atoms. The molecule has 1 atom stereocenters. The minimum absolute atomic E-state index is 0.0642. The number of hydrogen-bond donors (Lipinski definition) is 0. The van der Waals surface area contributed by atoms with E-state index in [0.29, 0.717) is 24.9 Å². The Morgan fingerprint density at radius 2 is 1.92 bits per heavy atom. The molecule has 0 bridgehead atoms. The number of hydrogen-bond acceptors (Lipinski definition) is 2. The molecule has 0 unspecified atom stereocenters. The summed E-state index contributed by atoms with van der Waals surface area (Å²) in [6.45, 7) is 8.76. The molecule has 0 aliphatic carbocycles. The van der Waals surface area contributed by atoms with Gasteiger partial charge in [0.2, 0.25) is 0 Å². The summed E-state index contributed by atoms with van der Waals surface area (Å²) in [5, 5.41) is 0. The van der Waals surface area contributed by atoms with E-state index in [-0.39, 0.29) is 5.97 Å². The molecule has 0 saturated heterocycles. The van der Waals surface area contributed by atoms with Gasteiger partial charge < -0.3 is 4.74 Å². The molecule has 0 saturated carbocycles. The van der Waals surface area contributed by atoms with Gasteiger partial charge in [-0.05, 0) is 25.2 Å². The summed E-state index contributed by atoms with van der Waals surface area (Å²) < 4.78 is 4.86. The van der Waals surface area contributed by atoms with Crippen molar-refractivity contribution in [3.63, 3.8) is 0 Å². The molecule has 0 fully saturated rings. The van der Waals surface area contributed by atoms with Crippen molar-refractivity contribution in [2.24, 2.45) is 11.8 Å². The zero-order valence-corrected chi connectivity index (χ0v) is 8.59. The Labute approximate surface area is 75.3 Å². The number of ether oxygens (including phenoxy) is 1. The van der Waals surface area contributed by atoms with E-state index in [0.717, 1.165) is 6.42 Å². The van der Waals surface area contributed by atoms with Gasteiger partial charge in [-0.15, -0.1) is 0 Å². The second-order valence-corrected chi connectivity index (χ2v) is 3.74. The lowest BCUT2D eigenvalue weighted by Crippen LogP contribution is -2.10. The molecule has 0 radical (unpaired) electrons. The smallest absolute Gasteiger partial charge is 0.306 e. The van der Waals surface area contributed by atoms with Gasteiger partial charge in [0.25, 0.3) is 0 Å². The van der Waals surface area contributed by atoms with Gasteiger partial charge in [-0.1, -0.05) is 20.8 Å². The van der Waals surface area contributed by atoms with Crippen LogP contribution in [0.3, 0.4) is 0 Å². The van der Waals surface area contributed by atoms with Gasteiger partial charge in [0.1, 0.15) is 0 Å². The van der Waals surface area contributed by atoms with E-state index in [1.54, 1.807) is 0 Å². The Balaban J connectivity index is 3.54. The van der Waals surface area contributed by atoms with Crippen LogP contribution in [-0.2, 0) is 9.53 Å². The Bertz CT molecular complexity index is 130. The fourth-order valence-electron chi connectivity index (χ4n) is 1.39. The quantitative estimate of drug-likeness (QED) is 0.596. The maximum atomic E-state index is 11.0. The summed E-state index contributed by atoms with van der Waals surface area (Å²) in [4.78, 5) is 11.0. The average Bonchev–Trinajstić information content (AvgIpc) is 1.84. The fraction of sp³-hybridized carbons (Fsp3) is 0.900. The summed E-state index contributed by atoms with van der Waals surface area (Å²) in [5.74, 6) is 1.05. The van der Waals surface area contributed by atoms with E-state index in [2.05, 4.69) is 20.8 Å². The van der Waals surface area contributed by atoms with Gasteiger partial charge >= 0.3 is 5.97 Å². The Morgan fingerprint density at radius 3 is 2.33 bits per heavy atom. The van der Waals surface area contributed by atoms with Crippen LogP contribution in [0, 0.1) is 11.8 Å². The van der Waals surface area contributed by atoms with Crippen molar-refractivity contribution in [3.8, 4) is 0 Å². The normalized spacial score (nSPS) is 13.1. The van der Waals surface area contributed by atoms with Crippen molar-refractivity contribution in [1.82, 2.24) is 0 Å². The summed E-state index contributed by atoms with van der Waals surface area (Å²) in [6.07, 6.45) is 1.66. The molecule has 0 N–H and O–H groups in total. The number of esters is 1. The first-order chi connectivity index (χ1) is 5.56. The molecule has 2 heteroatoms. The molecule has 0 aromatic heterocycles. The molecule has 2 nitrogen and oxygen atoms in total. The van der Waals surface area contributed by atoms with E-state index in [4.69, 9.17) is 4.74 Å². The first-order valence-electron chi connectivity index (χ1n) is 4.71. The third-order valence-corrected chi connectivity index (χ3v) is 1.69. The third kappa shape index (κ3) is 6.20. The van der Waals surface area contributed by atoms with E-state index < -0.39 is 0 Å². The third-order valence-electron chi connectivity index (χ3n) is 1.69. The monoisotopic (exact) mass is 172 g/mol. The number of carbonyl (C=O) groups excluding carboxylic acids is 1. The molecule has 0 aliphatic heterocycles. The first kappa shape index (κ1) is 11.5. The van der Waals surface area contributed by atoms with Crippen LogP contribution in [0.25, 0.3) is 0 Å². The topological polar surface area (TPSA) is 26.3 Å². The van der Waals surface area contributed by atoms with Gasteiger partial charge in [-0.2, -0.15) is 0 Å². The number of carbonyl (C=O) groups is 1. The SMILES string of the molecule is CCOC(=O)C[C@@H](C)CC(C)C. The van der Waals surface area contributed by atoms with Gasteiger partial charge in [0.15, 0.2) is 0 Å². The van der Waals surface area contributed by atoms with Crippen LogP contribution in [0.15, 0.2) is 0 Å². The van der Waals surface area contributed by atoms with Gasteiger partial charge in [-0.25, -0.2) is 0 Å². The fourth-order valence-corrected chi connectivity index (χ4v) is 1.39. The molecular weight excluding hydrogens is 152 g/mol. The standard InChI is InChI=1S/C10H20O2/c1-5-12-10(11)7-9(4)6-8(2)3/h8-9H,5-7H2,1-4H3/t9-/m0/s1. The highest BCUT2D eigenvalue weighted by molar-refractivity contribution is 5.69. The van der Waals surface area contributed by atoms with E-state index >= 15 is 0 Å². The van der Waals surface area contributed by atoms with Crippen molar-refractivity contribution in [1.29, 1.82) is 0 Å². The summed E-state index contributed by atoms with van der Waals surface area (Å²) in [5.41, 5.74) is 0. The van der Waals surface area contributed by atoms with Crippen LogP contribution >= 0.6 is 0 Å². The predicted molar refractivity (Wildman–Crippen MR) is 49.9 cm³/mol. The maximum Gasteiger partial charge on any atom is 0.306 e. The van der Waals surface area contributed by atoms with Crippen molar-refractivity contribution < 1.29 is 9.53 Å². The number of rotatable bonds is 5. The molecule has 0 amide bonds. The highest BCUT2D eigenvalue weighted by Crippen LogP contribution is 2.14. The second-order valence-electron chi connectivity index (χ2n) is 3.74. The van der Waals surface area contributed by atoms with Gasteiger partial charge in [-0.3, -0.25) is 4.79 Å². The molecular formula is C10H20O2. The van der Waals surface area contributed by atoms with E-state index in [1.165, 1.54) is 0 Å². The average molecular weight is 172 g/mol. The second kappa shape index (κ2) is 6.04. The van der Waals surface area contributed by atoms with Crippen LogP contribution in [0.2, 0.25) is 0 Å². The van der Waals surface area contributed by atoms with Crippen LogP contribution in [0.5, 0.6) is 0 Å². The molecule has 0 aromatic rings. The zero-order chi connectivity index (χ0) is 9.56. The molecule has 0 rings (SSSR count). The lowest BCUT2D eigenvalue weighted by atomic mass is 9.96.